The summed E-state index contributed by atoms with van der Waals surface area (Å²) in [7, 11) is 4.55. The van der Waals surface area contributed by atoms with E-state index in [1.54, 1.807) is 0 Å². The highest BCUT2D eigenvalue weighted by atomic mass is 15.0. The van der Waals surface area contributed by atoms with E-state index in [2.05, 4.69) is 18.9 Å². The van der Waals surface area contributed by atoms with Crippen molar-refractivity contribution in [3.8, 4) is 0 Å². The van der Waals surface area contributed by atoms with Crippen LogP contribution in [0, 0.1) is 11.8 Å². The molecule has 1 nitrogen and oxygen atoms in total. The summed E-state index contributed by atoms with van der Waals surface area (Å²) in [6.45, 7) is 0.872. The average Bonchev–Trinajstić information content (AvgIpc) is 2.52. The van der Waals surface area contributed by atoms with Gasteiger partial charge >= 0.3 is 0 Å². The lowest BCUT2D eigenvalue weighted by Crippen LogP contribution is -2.38. The van der Waals surface area contributed by atoms with Crippen molar-refractivity contribution in [3.05, 3.63) is 0 Å². The molecule has 1 saturated heterocycles. The fraction of sp³-hybridized carbons (Fsp3) is 1.00. The summed E-state index contributed by atoms with van der Waals surface area (Å²) >= 11 is 0. The van der Waals surface area contributed by atoms with E-state index < -0.39 is 0 Å². The first-order valence-corrected chi connectivity index (χ1v) is 8.44. The van der Waals surface area contributed by atoms with Crippen molar-refractivity contribution in [2.45, 2.75) is 76.8 Å². The van der Waals surface area contributed by atoms with Gasteiger partial charge in [0.15, 0.2) is 0 Å². The van der Waals surface area contributed by atoms with Crippen LogP contribution in [0.3, 0.4) is 0 Å². The fourth-order valence-corrected chi connectivity index (χ4v) is 4.23. The first-order valence-electron chi connectivity index (χ1n) is 8.44. The van der Waals surface area contributed by atoms with Crippen LogP contribution in [0.25, 0.3) is 0 Å². The molecule has 0 amide bonds. The van der Waals surface area contributed by atoms with E-state index in [0.717, 1.165) is 18.7 Å². The van der Waals surface area contributed by atoms with Crippen LogP contribution in [0.1, 0.15) is 64.2 Å². The van der Waals surface area contributed by atoms with E-state index in [4.69, 9.17) is 0 Å². The topological polar surface area (TPSA) is 3.24 Å². The zero-order valence-electron chi connectivity index (χ0n) is 12.7. The lowest BCUT2D eigenvalue weighted by molar-refractivity contribution is 0.274. The van der Waals surface area contributed by atoms with Gasteiger partial charge in [-0.15, -0.1) is 0 Å². The minimum absolute atomic E-state index is 0.872. The zero-order chi connectivity index (χ0) is 12.8. The molecule has 0 aromatic carbocycles. The van der Waals surface area contributed by atoms with E-state index in [9.17, 15) is 0 Å². The van der Waals surface area contributed by atoms with Gasteiger partial charge in [0.05, 0.1) is 0 Å². The van der Waals surface area contributed by atoms with Crippen molar-refractivity contribution < 1.29 is 0 Å². The van der Waals surface area contributed by atoms with Crippen molar-refractivity contribution in [3.63, 3.8) is 0 Å². The number of rotatable bonds is 2. The Bertz CT molecular complexity index is 219. The maximum absolute atomic E-state index is 2.47. The maximum atomic E-state index is 2.47. The van der Waals surface area contributed by atoms with E-state index >= 15 is 0 Å². The van der Waals surface area contributed by atoms with Crippen LogP contribution >= 0.6 is 0 Å². The van der Waals surface area contributed by atoms with Crippen LogP contribution in [0.4, 0.5) is 0 Å². The lowest BCUT2D eigenvalue weighted by atomic mass is 9.46. The van der Waals surface area contributed by atoms with Crippen LogP contribution in [0.5, 0.6) is 0 Å². The molecule has 0 aromatic heterocycles. The third-order valence-electron chi connectivity index (χ3n) is 5.48. The molecule has 18 heavy (non-hydrogen) atoms. The molecule has 1 unspecified atom stereocenters. The minimum atomic E-state index is 0.872. The van der Waals surface area contributed by atoms with Gasteiger partial charge in [0, 0.05) is 0 Å². The quantitative estimate of drug-likeness (QED) is 0.641. The highest BCUT2D eigenvalue weighted by Crippen LogP contribution is 2.37. The molecule has 0 radical (unpaired) electrons. The van der Waals surface area contributed by atoms with Gasteiger partial charge in [-0.25, -0.2) is 0 Å². The van der Waals surface area contributed by atoms with Crippen molar-refractivity contribution in [2.75, 3.05) is 14.1 Å². The van der Waals surface area contributed by atoms with E-state index in [1.165, 1.54) is 76.8 Å². The third kappa shape index (κ3) is 4.29. The summed E-state index contributed by atoms with van der Waals surface area (Å²) in [6, 6.07) is 0. The second-order valence-electron chi connectivity index (χ2n) is 7.00. The monoisotopic (exact) mass is 249 g/mol. The lowest BCUT2D eigenvalue weighted by Gasteiger charge is -2.35. The molecule has 1 heterocycles. The number of nitrogens with zero attached hydrogens (tertiary/aromatic N) is 1. The molecule has 2 aliphatic rings. The summed E-state index contributed by atoms with van der Waals surface area (Å²) in [5.74, 6) is 2.11. The van der Waals surface area contributed by atoms with Crippen LogP contribution < -0.4 is 0 Å². The van der Waals surface area contributed by atoms with E-state index in [1.807, 2.05) is 0 Å². The van der Waals surface area contributed by atoms with Crippen LogP contribution in [-0.2, 0) is 0 Å². The van der Waals surface area contributed by atoms with Crippen molar-refractivity contribution in [1.29, 1.82) is 0 Å². The number of hydrogen-bond acceptors (Lipinski definition) is 1. The molecule has 1 aliphatic carbocycles. The van der Waals surface area contributed by atoms with Crippen LogP contribution in [0.2, 0.25) is 12.6 Å². The number of hydrogen-bond donors (Lipinski definition) is 0. The van der Waals surface area contributed by atoms with Gasteiger partial charge in [0.25, 0.3) is 0 Å². The first kappa shape index (κ1) is 14.4. The van der Waals surface area contributed by atoms with Crippen LogP contribution in [-0.4, -0.2) is 25.8 Å². The predicted molar refractivity (Wildman–Crippen MR) is 82.2 cm³/mol. The molecule has 1 saturated carbocycles. The van der Waals surface area contributed by atoms with Gasteiger partial charge in [-0.2, -0.15) is 0 Å². The van der Waals surface area contributed by atoms with Gasteiger partial charge in [-0.05, 0) is 25.9 Å². The van der Waals surface area contributed by atoms with Gasteiger partial charge in [-0.1, -0.05) is 76.8 Å². The molecule has 2 rings (SSSR count). The highest BCUT2D eigenvalue weighted by Gasteiger charge is 2.31. The predicted octanol–water partition coefficient (Wildman–Crippen LogP) is 4.70. The summed E-state index contributed by atoms with van der Waals surface area (Å²) in [5.41, 5.74) is 0. The van der Waals surface area contributed by atoms with Gasteiger partial charge in [0.2, 0.25) is 6.85 Å². The molecule has 0 bridgehead atoms. The Labute approximate surface area is 115 Å². The Balaban J connectivity index is 1.86. The smallest absolute Gasteiger partial charge is 0.222 e. The van der Waals surface area contributed by atoms with E-state index in [0.29, 0.717) is 0 Å². The molecule has 0 aromatic rings. The summed E-state index contributed by atoms with van der Waals surface area (Å²) in [4.78, 5) is 2.47. The Kier molecular flexibility index (Phi) is 6.07. The van der Waals surface area contributed by atoms with Crippen molar-refractivity contribution >= 4 is 6.85 Å². The largest absolute Gasteiger partial charge is 0.347 e. The molecular weight excluding hydrogens is 217 g/mol. The molecule has 2 fully saturated rings. The summed E-state index contributed by atoms with van der Waals surface area (Å²) < 4.78 is 0. The molecular formula is C16H32BN. The second kappa shape index (κ2) is 7.57. The molecule has 1 atom stereocenters. The Morgan fingerprint density at radius 3 is 1.89 bits per heavy atom. The van der Waals surface area contributed by atoms with Gasteiger partial charge in [-0.3, -0.25) is 0 Å². The molecule has 0 spiro atoms. The van der Waals surface area contributed by atoms with Crippen molar-refractivity contribution in [2.24, 2.45) is 11.8 Å². The summed E-state index contributed by atoms with van der Waals surface area (Å²) in [5, 5.41) is 0. The molecule has 0 N–H and O–H groups in total. The molecule has 104 valence electrons. The first-order chi connectivity index (χ1) is 8.77. The average molecular weight is 249 g/mol. The molecule has 1 aliphatic heterocycles. The highest BCUT2D eigenvalue weighted by molar-refractivity contribution is 6.55. The zero-order valence-corrected chi connectivity index (χ0v) is 12.7. The Morgan fingerprint density at radius 1 is 0.722 bits per heavy atom. The maximum Gasteiger partial charge on any atom is 0.222 e. The minimum Gasteiger partial charge on any atom is -0.347 e. The standard InChI is InChI=1S/C16H32BN/c1-18(2)17-13-9-12-16(14-17)15-10-7-5-3-4-6-8-11-15/h15-16H,3-14H2,1-2H3. The van der Waals surface area contributed by atoms with Crippen LogP contribution in [0.15, 0.2) is 0 Å². The van der Waals surface area contributed by atoms with E-state index in [-0.39, 0.29) is 0 Å². The van der Waals surface area contributed by atoms with Gasteiger partial charge in [0.1, 0.15) is 0 Å². The Hall–Kier alpha value is 0.0249. The van der Waals surface area contributed by atoms with Gasteiger partial charge < -0.3 is 4.81 Å². The Morgan fingerprint density at radius 2 is 1.28 bits per heavy atom. The SMILES string of the molecule is CN(C)B1CCCC(C2CCCCCCCC2)C1. The van der Waals surface area contributed by atoms with Crippen molar-refractivity contribution in [1.82, 2.24) is 4.81 Å². The fourth-order valence-electron chi connectivity index (χ4n) is 4.23. The molecule has 2 heteroatoms. The summed E-state index contributed by atoms with van der Waals surface area (Å²) in [6.07, 6.45) is 18.0. The normalized spacial score (nSPS) is 28.8. The second-order valence-corrected chi connectivity index (χ2v) is 7.00. The third-order valence-corrected chi connectivity index (χ3v) is 5.48.